The Morgan fingerprint density at radius 2 is 2.30 bits per heavy atom. The van der Waals surface area contributed by atoms with Gasteiger partial charge in [-0.1, -0.05) is 6.07 Å². The van der Waals surface area contributed by atoms with E-state index in [1.54, 1.807) is 30.3 Å². The molecule has 2 heterocycles. The molecule has 0 aromatic carbocycles. The third-order valence-electron chi connectivity index (χ3n) is 3.01. The van der Waals surface area contributed by atoms with Gasteiger partial charge in [-0.2, -0.15) is 0 Å². The summed E-state index contributed by atoms with van der Waals surface area (Å²) in [4.78, 5) is 20.1. The van der Waals surface area contributed by atoms with Crippen molar-refractivity contribution in [3.63, 3.8) is 0 Å². The van der Waals surface area contributed by atoms with Crippen LogP contribution in [0.4, 0.5) is 5.95 Å². The molecule has 0 unspecified atom stereocenters. The number of hydrogen-bond donors (Lipinski definition) is 1. The monoisotopic (exact) mass is 319 g/mol. The molecule has 2 aromatic rings. The number of nitrogens with one attached hydrogen (secondary N) is 1. The minimum absolute atomic E-state index is 0.249. The predicted molar refractivity (Wildman–Crippen MR) is 83.9 cm³/mol. The van der Waals surface area contributed by atoms with E-state index in [0.717, 1.165) is 5.56 Å². The molecule has 0 saturated carbocycles. The maximum Gasteiger partial charge on any atom is 0.255 e. The van der Waals surface area contributed by atoms with Crippen LogP contribution in [0.3, 0.4) is 0 Å². The van der Waals surface area contributed by atoms with Gasteiger partial charge in [0.25, 0.3) is 5.91 Å². The van der Waals surface area contributed by atoms with Crippen LogP contribution < -0.4 is 5.32 Å². The van der Waals surface area contributed by atoms with Crippen molar-refractivity contribution >= 4 is 11.9 Å². The minimum Gasteiger partial charge on any atom is -0.379 e. The Morgan fingerprint density at radius 1 is 1.43 bits per heavy atom. The van der Waals surface area contributed by atoms with Crippen molar-refractivity contribution in [1.82, 2.24) is 19.7 Å². The number of ether oxygens (including phenoxy) is 2. The van der Waals surface area contributed by atoms with Gasteiger partial charge >= 0.3 is 0 Å². The van der Waals surface area contributed by atoms with E-state index in [0.29, 0.717) is 26.4 Å². The summed E-state index contributed by atoms with van der Waals surface area (Å²) in [5.74, 6) is -0.0419. The molecular weight excluding hydrogens is 298 g/mol. The normalized spacial score (nSPS) is 12.1. The van der Waals surface area contributed by atoms with Gasteiger partial charge in [-0.3, -0.25) is 15.1 Å². The summed E-state index contributed by atoms with van der Waals surface area (Å²) in [6.45, 7) is 5.58. The SMILES string of the molecule is CCOCCO[C@@H](C)C(=O)Nc1ncn(Cc2cccnc2)n1. The first-order chi connectivity index (χ1) is 11.2. The Kier molecular flexibility index (Phi) is 6.64. The van der Waals surface area contributed by atoms with Gasteiger partial charge in [-0.15, -0.1) is 5.10 Å². The molecule has 124 valence electrons. The Morgan fingerprint density at radius 3 is 3.04 bits per heavy atom. The standard InChI is InChI=1S/C15H21N5O3/c1-3-22-7-8-23-12(2)14(21)18-15-17-11-20(19-15)10-13-5-4-6-16-9-13/h4-6,9,11-12H,3,7-8,10H2,1-2H3,(H,18,19,21)/t12-/m0/s1. The average Bonchev–Trinajstić information content (AvgIpc) is 2.99. The Balaban J connectivity index is 1.80. The van der Waals surface area contributed by atoms with Gasteiger partial charge in [0, 0.05) is 19.0 Å². The van der Waals surface area contributed by atoms with Crippen molar-refractivity contribution in [2.75, 3.05) is 25.1 Å². The van der Waals surface area contributed by atoms with Crippen LogP contribution in [-0.4, -0.2) is 51.6 Å². The highest BCUT2D eigenvalue weighted by molar-refractivity contribution is 5.92. The van der Waals surface area contributed by atoms with Crippen LogP contribution in [0.1, 0.15) is 19.4 Å². The van der Waals surface area contributed by atoms with Gasteiger partial charge in [0.2, 0.25) is 5.95 Å². The lowest BCUT2D eigenvalue weighted by Crippen LogP contribution is -2.29. The van der Waals surface area contributed by atoms with E-state index in [-0.39, 0.29) is 11.9 Å². The van der Waals surface area contributed by atoms with E-state index >= 15 is 0 Å². The first kappa shape index (κ1) is 17.0. The minimum atomic E-state index is -0.597. The van der Waals surface area contributed by atoms with Crippen LogP contribution >= 0.6 is 0 Å². The van der Waals surface area contributed by atoms with Crippen molar-refractivity contribution in [2.24, 2.45) is 0 Å². The first-order valence-corrected chi connectivity index (χ1v) is 7.47. The predicted octanol–water partition coefficient (Wildman–Crippen LogP) is 1.10. The Hall–Kier alpha value is -2.32. The Labute approximate surface area is 134 Å². The van der Waals surface area contributed by atoms with E-state index in [4.69, 9.17) is 9.47 Å². The highest BCUT2D eigenvalue weighted by Gasteiger charge is 2.15. The Bertz CT molecular complexity index is 602. The number of nitrogens with zero attached hydrogens (tertiary/aromatic N) is 4. The molecule has 0 bridgehead atoms. The third kappa shape index (κ3) is 5.76. The maximum absolute atomic E-state index is 12.0. The molecule has 2 aromatic heterocycles. The number of anilines is 1. The lowest BCUT2D eigenvalue weighted by Gasteiger charge is -2.11. The highest BCUT2D eigenvalue weighted by Crippen LogP contribution is 2.03. The number of hydrogen-bond acceptors (Lipinski definition) is 6. The molecular formula is C15H21N5O3. The molecule has 1 amide bonds. The number of amides is 1. The largest absolute Gasteiger partial charge is 0.379 e. The molecule has 0 aliphatic rings. The van der Waals surface area contributed by atoms with Gasteiger partial charge in [-0.25, -0.2) is 9.67 Å². The van der Waals surface area contributed by atoms with Crippen molar-refractivity contribution in [3.05, 3.63) is 36.4 Å². The van der Waals surface area contributed by atoms with Gasteiger partial charge in [0.1, 0.15) is 12.4 Å². The van der Waals surface area contributed by atoms with Crippen LogP contribution in [0, 0.1) is 0 Å². The molecule has 0 saturated heterocycles. The van der Waals surface area contributed by atoms with Crippen LogP contribution in [0.25, 0.3) is 0 Å². The number of carbonyl (C=O) groups excluding carboxylic acids is 1. The zero-order valence-electron chi connectivity index (χ0n) is 13.3. The summed E-state index contributed by atoms with van der Waals surface area (Å²) in [7, 11) is 0. The van der Waals surface area contributed by atoms with Crippen molar-refractivity contribution in [2.45, 2.75) is 26.5 Å². The molecule has 0 fully saturated rings. The van der Waals surface area contributed by atoms with Crippen molar-refractivity contribution in [1.29, 1.82) is 0 Å². The zero-order valence-corrected chi connectivity index (χ0v) is 13.3. The fourth-order valence-electron chi connectivity index (χ4n) is 1.82. The summed E-state index contributed by atoms with van der Waals surface area (Å²) >= 11 is 0. The topological polar surface area (TPSA) is 91.2 Å². The van der Waals surface area contributed by atoms with Crippen molar-refractivity contribution in [3.8, 4) is 0 Å². The molecule has 8 heteroatoms. The van der Waals surface area contributed by atoms with Gasteiger partial charge in [0.05, 0.1) is 19.8 Å². The first-order valence-electron chi connectivity index (χ1n) is 7.47. The van der Waals surface area contributed by atoms with Gasteiger partial charge in [-0.05, 0) is 25.5 Å². The molecule has 8 nitrogen and oxygen atoms in total. The number of pyridine rings is 1. The fourth-order valence-corrected chi connectivity index (χ4v) is 1.82. The summed E-state index contributed by atoms with van der Waals surface area (Å²) in [6.07, 6.45) is 4.43. The van der Waals surface area contributed by atoms with Crippen LogP contribution in [-0.2, 0) is 20.8 Å². The number of rotatable bonds is 9. The summed E-state index contributed by atoms with van der Waals surface area (Å²) < 4.78 is 12.2. The van der Waals surface area contributed by atoms with E-state index in [1.807, 2.05) is 19.1 Å². The summed E-state index contributed by atoms with van der Waals surface area (Å²) in [5, 5.41) is 6.83. The van der Waals surface area contributed by atoms with E-state index in [1.165, 1.54) is 0 Å². The second kappa shape index (κ2) is 8.96. The van der Waals surface area contributed by atoms with Crippen molar-refractivity contribution < 1.29 is 14.3 Å². The number of aromatic nitrogens is 4. The van der Waals surface area contributed by atoms with E-state index in [9.17, 15) is 4.79 Å². The summed E-state index contributed by atoms with van der Waals surface area (Å²) in [5.41, 5.74) is 1.00. The highest BCUT2D eigenvalue weighted by atomic mass is 16.5. The number of carbonyl (C=O) groups is 1. The average molecular weight is 319 g/mol. The molecule has 0 radical (unpaired) electrons. The maximum atomic E-state index is 12.0. The summed E-state index contributed by atoms with van der Waals surface area (Å²) in [6, 6.07) is 3.80. The lowest BCUT2D eigenvalue weighted by atomic mass is 10.3. The van der Waals surface area contributed by atoms with Crippen LogP contribution in [0.5, 0.6) is 0 Å². The zero-order chi connectivity index (χ0) is 16.5. The molecule has 0 aliphatic carbocycles. The van der Waals surface area contributed by atoms with E-state index < -0.39 is 6.10 Å². The fraction of sp³-hybridized carbons (Fsp3) is 0.467. The quantitative estimate of drug-likeness (QED) is 0.696. The molecule has 23 heavy (non-hydrogen) atoms. The van der Waals surface area contributed by atoms with Gasteiger partial charge < -0.3 is 9.47 Å². The van der Waals surface area contributed by atoms with E-state index in [2.05, 4.69) is 20.4 Å². The molecule has 1 N–H and O–H groups in total. The lowest BCUT2D eigenvalue weighted by molar-refractivity contribution is -0.127. The second-order valence-electron chi connectivity index (χ2n) is 4.83. The van der Waals surface area contributed by atoms with Crippen LogP contribution in [0.15, 0.2) is 30.9 Å². The second-order valence-corrected chi connectivity index (χ2v) is 4.83. The smallest absolute Gasteiger partial charge is 0.255 e. The molecule has 0 spiro atoms. The third-order valence-corrected chi connectivity index (χ3v) is 3.01. The molecule has 0 aliphatic heterocycles. The molecule has 1 atom stereocenters. The van der Waals surface area contributed by atoms with Crippen LogP contribution in [0.2, 0.25) is 0 Å². The van der Waals surface area contributed by atoms with Gasteiger partial charge in [0.15, 0.2) is 0 Å². The molecule has 2 rings (SSSR count).